The van der Waals surface area contributed by atoms with Crippen LogP contribution in [0.15, 0.2) is 78.9 Å². The van der Waals surface area contributed by atoms with Crippen molar-refractivity contribution in [2.75, 3.05) is 0 Å². The molecule has 4 rings (SSSR count). The van der Waals surface area contributed by atoms with E-state index in [9.17, 15) is 4.79 Å². The minimum Gasteiger partial charge on any atom is -0.423 e. The van der Waals surface area contributed by atoms with E-state index in [1.807, 2.05) is 66.7 Å². The van der Waals surface area contributed by atoms with Gasteiger partial charge in [0, 0.05) is 12.1 Å². The topological polar surface area (TPSA) is 30.2 Å². The number of pyridine rings is 1. The highest BCUT2D eigenvalue weighted by atomic mass is 16.5. The summed E-state index contributed by atoms with van der Waals surface area (Å²) in [6, 6.07) is 25.1. The van der Waals surface area contributed by atoms with Crippen molar-refractivity contribution in [2.24, 2.45) is 0 Å². The molecule has 0 atom stereocenters. The van der Waals surface area contributed by atoms with Gasteiger partial charge in [0.25, 0.3) is 0 Å². The van der Waals surface area contributed by atoms with Gasteiger partial charge in [-0.1, -0.05) is 42.5 Å². The first-order valence-corrected chi connectivity index (χ1v) is 8.40. The highest BCUT2D eigenvalue weighted by Crippen LogP contribution is 2.26. The molecule has 0 bridgehead atoms. The van der Waals surface area contributed by atoms with Crippen molar-refractivity contribution in [1.82, 2.24) is 0 Å². The predicted octanol–water partition coefficient (Wildman–Crippen LogP) is 4.52. The van der Waals surface area contributed by atoms with Gasteiger partial charge in [-0.05, 0) is 31.2 Å². The maximum atomic E-state index is 13.0. The van der Waals surface area contributed by atoms with Gasteiger partial charge in [-0.25, -0.2) is 4.79 Å². The molecule has 122 valence electrons. The predicted molar refractivity (Wildman–Crippen MR) is 98.7 cm³/mol. The molecule has 3 nitrogen and oxygen atoms in total. The Balaban J connectivity index is 1.99. The normalized spacial score (nSPS) is 10.9. The first-order valence-electron chi connectivity index (χ1n) is 8.40. The van der Waals surface area contributed by atoms with Gasteiger partial charge in [-0.2, -0.15) is 4.57 Å². The van der Waals surface area contributed by atoms with Crippen LogP contribution in [-0.4, -0.2) is 5.97 Å². The van der Waals surface area contributed by atoms with Crippen LogP contribution < -0.4 is 9.30 Å². The van der Waals surface area contributed by atoms with Crippen LogP contribution in [0.1, 0.15) is 17.3 Å². The molecule has 25 heavy (non-hydrogen) atoms. The number of hydrogen-bond acceptors (Lipinski definition) is 2. The number of carbonyl (C=O) groups excluding carboxylic acids is 1. The van der Waals surface area contributed by atoms with Crippen molar-refractivity contribution in [2.45, 2.75) is 13.5 Å². The second kappa shape index (κ2) is 6.36. The molecule has 0 aliphatic rings. The molecule has 0 unspecified atom stereocenters. The van der Waals surface area contributed by atoms with Crippen molar-refractivity contribution in [3.63, 3.8) is 0 Å². The van der Waals surface area contributed by atoms with E-state index in [2.05, 4.69) is 11.5 Å². The summed E-state index contributed by atoms with van der Waals surface area (Å²) in [5.41, 5.74) is 2.67. The van der Waals surface area contributed by atoms with Gasteiger partial charge in [-0.15, -0.1) is 0 Å². The second-order valence-corrected chi connectivity index (χ2v) is 5.86. The third-order valence-corrected chi connectivity index (χ3v) is 4.40. The minimum absolute atomic E-state index is 0.332. The molecule has 0 aliphatic carbocycles. The molecule has 4 aromatic rings. The largest absolute Gasteiger partial charge is 0.423 e. The van der Waals surface area contributed by atoms with Crippen LogP contribution in [0, 0.1) is 0 Å². The first kappa shape index (κ1) is 15.3. The number of carbonyl (C=O) groups is 1. The monoisotopic (exact) mass is 328 g/mol. The summed E-state index contributed by atoms with van der Waals surface area (Å²) in [4.78, 5) is 13.0. The Kier molecular flexibility index (Phi) is 3.90. The number of aromatic nitrogens is 1. The third-order valence-electron chi connectivity index (χ3n) is 4.40. The summed E-state index contributed by atoms with van der Waals surface area (Å²) >= 11 is 0. The van der Waals surface area contributed by atoms with E-state index in [0.29, 0.717) is 11.3 Å². The zero-order chi connectivity index (χ0) is 17.2. The van der Waals surface area contributed by atoms with Crippen molar-refractivity contribution in [3.8, 4) is 5.75 Å². The fourth-order valence-electron chi connectivity index (χ4n) is 3.32. The highest BCUT2D eigenvalue weighted by molar-refractivity contribution is 6.13. The van der Waals surface area contributed by atoms with Gasteiger partial charge < -0.3 is 4.74 Å². The molecule has 0 N–H and O–H groups in total. The van der Waals surface area contributed by atoms with Crippen molar-refractivity contribution in [3.05, 3.63) is 84.4 Å². The molecular weight excluding hydrogens is 310 g/mol. The van der Waals surface area contributed by atoms with Crippen LogP contribution in [0.5, 0.6) is 5.75 Å². The Bertz CT molecular complexity index is 1010. The van der Waals surface area contributed by atoms with Crippen LogP contribution >= 0.6 is 0 Å². The quantitative estimate of drug-likeness (QED) is 0.239. The molecule has 3 aromatic carbocycles. The Labute approximate surface area is 146 Å². The molecule has 0 radical (unpaired) electrons. The zero-order valence-electron chi connectivity index (χ0n) is 14.0. The van der Waals surface area contributed by atoms with E-state index in [0.717, 1.165) is 28.4 Å². The van der Waals surface area contributed by atoms with Gasteiger partial charge in [-0.3, -0.25) is 0 Å². The second-order valence-electron chi connectivity index (χ2n) is 5.86. The molecule has 0 saturated carbocycles. The van der Waals surface area contributed by atoms with E-state index in [4.69, 9.17) is 4.74 Å². The van der Waals surface area contributed by atoms with Crippen LogP contribution in [0.2, 0.25) is 0 Å². The zero-order valence-corrected chi connectivity index (χ0v) is 14.0. The molecule has 0 saturated heterocycles. The summed E-state index contributed by atoms with van der Waals surface area (Å²) in [6.07, 6.45) is 0. The van der Waals surface area contributed by atoms with Gasteiger partial charge in [0.2, 0.25) is 11.0 Å². The van der Waals surface area contributed by atoms with Crippen LogP contribution in [0.25, 0.3) is 21.8 Å². The van der Waals surface area contributed by atoms with Gasteiger partial charge in [0.05, 0.1) is 16.3 Å². The maximum absolute atomic E-state index is 13.0. The van der Waals surface area contributed by atoms with Crippen molar-refractivity contribution >= 4 is 27.8 Å². The van der Waals surface area contributed by atoms with Gasteiger partial charge >= 0.3 is 5.97 Å². The molecule has 0 spiro atoms. The number of hydrogen-bond donors (Lipinski definition) is 0. The number of rotatable bonds is 3. The number of fused-ring (bicyclic) bond motifs is 2. The molecule has 0 fully saturated rings. The van der Waals surface area contributed by atoms with E-state index in [1.165, 1.54) is 0 Å². The summed E-state index contributed by atoms with van der Waals surface area (Å²) in [5, 5.41) is 1.81. The standard InChI is InChI=1S/C22H18NO2/c1-2-23-19-14-8-6-12-17(19)21(18-13-7-9-15-20(18)23)22(24)25-16-10-4-3-5-11-16/h3-15H,2H2,1H3/q+1. The van der Waals surface area contributed by atoms with E-state index in [1.54, 1.807) is 12.1 Å². The number of ether oxygens (including phenoxy) is 1. The molecular formula is C22H18NO2+. The Morgan fingerprint density at radius 3 is 1.88 bits per heavy atom. The fraction of sp³-hybridized carbons (Fsp3) is 0.0909. The Morgan fingerprint density at radius 2 is 1.32 bits per heavy atom. The number of aryl methyl sites for hydroxylation is 1. The molecule has 0 amide bonds. The minimum atomic E-state index is -0.332. The van der Waals surface area contributed by atoms with E-state index >= 15 is 0 Å². The van der Waals surface area contributed by atoms with Crippen LogP contribution in [0.3, 0.4) is 0 Å². The first-order chi connectivity index (χ1) is 12.3. The maximum Gasteiger partial charge on any atom is 0.345 e. The smallest absolute Gasteiger partial charge is 0.345 e. The van der Waals surface area contributed by atoms with Crippen LogP contribution in [-0.2, 0) is 6.54 Å². The molecule has 3 heteroatoms. The SMILES string of the molecule is CC[n+]1c2ccccc2c(C(=O)Oc2ccccc2)c2ccccc21. The highest BCUT2D eigenvalue weighted by Gasteiger charge is 2.24. The molecule has 1 aromatic heterocycles. The number of nitrogens with zero attached hydrogens (tertiary/aromatic N) is 1. The summed E-state index contributed by atoms with van der Waals surface area (Å²) in [7, 11) is 0. The lowest BCUT2D eigenvalue weighted by Crippen LogP contribution is -2.35. The van der Waals surface area contributed by atoms with Gasteiger partial charge in [0.1, 0.15) is 12.3 Å². The molecule has 0 aliphatic heterocycles. The summed E-state index contributed by atoms with van der Waals surface area (Å²) in [6.45, 7) is 2.94. The van der Waals surface area contributed by atoms with Crippen molar-refractivity contribution < 1.29 is 14.1 Å². The summed E-state index contributed by atoms with van der Waals surface area (Å²) < 4.78 is 7.87. The molecule has 1 heterocycles. The van der Waals surface area contributed by atoms with E-state index in [-0.39, 0.29) is 5.97 Å². The number of benzene rings is 3. The van der Waals surface area contributed by atoms with Gasteiger partial charge in [0.15, 0.2) is 0 Å². The summed E-state index contributed by atoms with van der Waals surface area (Å²) in [5.74, 6) is 0.217. The number of esters is 1. The van der Waals surface area contributed by atoms with Crippen molar-refractivity contribution in [1.29, 1.82) is 0 Å². The van der Waals surface area contributed by atoms with Crippen LogP contribution in [0.4, 0.5) is 0 Å². The Hall–Kier alpha value is -3.20. The average molecular weight is 328 g/mol. The fourth-order valence-corrected chi connectivity index (χ4v) is 3.32. The lowest BCUT2D eigenvalue weighted by Gasteiger charge is -2.11. The lowest BCUT2D eigenvalue weighted by molar-refractivity contribution is -0.641. The lowest BCUT2D eigenvalue weighted by atomic mass is 10.0. The number of para-hydroxylation sites is 3. The Morgan fingerprint density at radius 1 is 0.800 bits per heavy atom. The van der Waals surface area contributed by atoms with E-state index < -0.39 is 0 Å². The third kappa shape index (κ3) is 2.64. The average Bonchev–Trinajstić information content (AvgIpc) is 2.66.